The molecule has 7 nitrogen and oxygen atoms in total. The molecule has 0 spiro atoms. The highest BCUT2D eigenvalue weighted by molar-refractivity contribution is 5.98. The largest absolute Gasteiger partial charge is 0.480 e. The van der Waals surface area contributed by atoms with Gasteiger partial charge in [0.15, 0.2) is 0 Å². The molecule has 1 saturated carbocycles. The molecular formula is C18H24N2O5. The molecule has 2 fully saturated rings. The van der Waals surface area contributed by atoms with E-state index in [1.165, 1.54) is 6.20 Å². The van der Waals surface area contributed by atoms with Crippen LogP contribution in [0, 0.1) is 5.92 Å². The van der Waals surface area contributed by atoms with Crippen molar-refractivity contribution in [3.63, 3.8) is 0 Å². The Hall–Kier alpha value is -2.15. The molecule has 0 aromatic carbocycles. The van der Waals surface area contributed by atoms with Crippen LogP contribution in [0.1, 0.15) is 49.4 Å². The number of aliphatic carboxylic acids is 1. The molecule has 1 aliphatic carbocycles. The zero-order valence-corrected chi connectivity index (χ0v) is 14.4. The number of aromatic nitrogens is 1. The summed E-state index contributed by atoms with van der Waals surface area (Å²) >= 11 is 0. The van der Waals surface area contributed by atoms with E-state index in [1.54, 1.807) is 12.1 Å². The lowest BCUT2D eigenvalue weighted by atomic mass is 9.77. The Morgan fingerprint density at radius 1 is 1.36 bits per heavy atom. The van der Waals surface area contributed by atoms with Crippen LogP contribution in [0.5, 0.6) is 5.88 Å². The van der Waals surface area contributed by atoms with Crippen molar-refractivity contribution in [2.45, 2.75) is 50.7 Å². The van der Waals surface area contributed by atoms with Crippen LogP contribution in [-0.4, -0.2) is 46.8 Å². The van der Waals surface area contributed by atoms with E-state index >= 15 is 0 Å². The molecule has 1 aromatic rings. The van der Waals surface area contributed by atoms with Crippen molar-refractivity contribution in [2.75, 3.05) is 13.2 Å². The summed E-state index contributed by atoms with van der Waals surface area (Å²) in [5, 5.41) is 12.4. The first kappa shape index (κ1) is 17.7. The molecule has 2 N–H and O–H groups in total. The fraction of sp³-hybridized carbons (Fsp3) is 0.611. The zero-order valence-electron chi connectivity index (χ0n) is 14.4. The van der Waals surface area contributed by atoms with Crippen molar-refractivity contribution in [1.29, 1.82) is 0 Å². The van der Waals surface area contributed by atoms with E-state index in [2.05, 4.69) is 17.2 Å². The van der Waals surface area contributed by atoms with Crippen molar-refractivity contribution in [1.82, 2.24) is 10.3 Å². The maximum absolute atomic E-state index is 12.6. The molecule has 1 unspecified atom stereocenters. The molecule has 1 aromatic heterocycles. The van der Waals surface area contributed by atoms with E-state index in [0.717, 1.165) is 19.3 Å². The average Bonchev–Trinajstić information content (AvgIpc) is 3.10. The molecule has 2 aliphatic rings. The standard InChI is InChI=1S/C18H24N2O5/c1-12-2-6-18(7-3-12,17(22)23)20-16(21)13-4-8-19-15(10-13)25-14-5-9-24-11-14/h4,8,10,12,14H,2-3,5-7,9,11H2,1H3,(H,20,21)(H,22,23). The number of amides is 1. The maximum Gasteiger partial charge on any atom is 0.329 e. The number of rotatable bonds is 5. The monoisotopic (exact) mass is 348 g/mol. The smallest absolute Gasteiger partial charge is 0.329 e. The van der Waals surface area contributed by atoms with E-state index in [4.69, 9.17) is 9.47 Å². The van der Waals surface area contributed by atoms with Crippen molar-refractivity contribution in [2.24, 2.45) is 5.92 Å². The molecule has 3 rings (SSSR count). The fourth-order valence-corrected chi connectivity index (χ4v) is 3.33. The summed E-state index contributed by atoms with van der Waals surface area (Å²) in [6.45, 7) is 3.27. The number of nitrogens with zero attached hydrogens (tertiary/aromatic N) is 1. The van der Waals surface area contributed by atoms with Crippen LogP contribution in [0.25, 0.3) is 0 Å². The second-order valence-corrected chi connectivity index (χ2v) is 7.01. The van der Waals surface area contributed by atoms with Gasteiger partial charge in [-0.15, -0.1) is 0 Å². The summed E-state index contributed by atoms with van der Waals surface area (Å²) in [6.07, 6.45) is 4.70. The van der Waals surface area contributed by atoms with Gasteiger partial charge in [0.05, 0.1) is 13.2 Å². The number of carboxylic acids is 1. The molecule has 0 bridgehead atoms. The van der Waals surface area contributed by atoms with Gasteiger partial charge in [-0.1, -0.05) is 6.92 Å². The van der Waals surface area contributed by atoms with E-state index in [9.17, 15) is 14.7 Å². The number of pyridine rings is 1. The molecule has 0 radical (unpaired) electrons. The van der Waals surface area contributed by atoms with Crippen molar-refractivity contribution in [3.05, 3.63) is 23.9 Å². The SMILES string of the molecule is CC1CCC(NC(=O)c2ccnc(OC3CCOC3)c2)(C(=O)O)CC1. The van der Waals surface area contributed by atoms with E-state index in [0.29, 0.717) is 43.4 Å². The number of nitrogens with one attached hydrogen (secondary N) is 1. The Morgan fingerprint density at radius 3 is 2.76 bits per heavy atom. The Labute approximate surface area is 146 Å². The zero-order chi connectivity index (χ0) is 17.9. The van der Waals surface area contributed by atoms with Gasteiger partial charge in [0, 0.05) is 24.2 Å². The molecule has 136 valence electrons. The van der Waals surface area contributed by atoms with Gasteiger partial charge in [0.2, 0.25) is 5.88 Å². The Kier molecular flexibility index (Phi) is 5.22. The number of hydrogen-bond donors (Lipinski definition) is 2. The van der Waals surface area contributed by atoms with Gasteiger partial charge in [-0.25, -0.2) is 9.78 Å². The Bertz CT molecular complexity index is 634. The Morgan fingerprint density at radius 2 is 2.12 bits per heavy atom. The van der Waals surface area contributed by atoms with Crippen LogP contribution in [0.15, 0.2) is 18.3 Å². The van der Waals surface area contributed by atoms with Crippen LogP contribution in [-0.2, 0) is 9.53 Å². The van der Waals surface area contributed by atoms with Gasteiger partial charge in [0.25, 0.3) is 5.91 Å². The van der Waals surface area contributed by atoms with E-state index in [1.807, 2.05) is 0 Å². The first-order valence-corrected chi connectivity index (χ1v) is 8.75. The highest BCUT2D eigenvalue weighted by Gasteiger charge is 2.42. The van der Waals surface area contributed by atoms with Gasteiger partial charge >= 0.3 is 5.97 Å². The molecular weight excluding hydrogens is 324 g/mol. The van der Waals surface area contributed by atoms with Gasteiger partial charge in [0.1, 0.15) is 11.6 Å². The first-order chi connectivity index (χ1) is 12.0. The van der Waals surface area contributed by atoms with Gasteiger partial charge in [-0.2, -0.15) is 0 Å². The minimum absolute atomic E-state index is 0.0593. The van der Waals surface area contributed by atoms with Crippen LogP contribution in [0.2, 0.25) is 0 Å². The molecule has 7 heteroatoms. The van der Waals surface area contributed by atoms with Crippen molar-refractivity contribution in [3.8, 4) is 5.88 Å². The summed E-state index contributed by atoms with van der Waals surface area (Å²) in [5.74, 6) is -0.544. The first-order valence-electron chi connectivity index (χ1n) is 8.75. The van der Waals surface area contributed by atoms with Crippen molar-refractivity contribution < 1.29 is 24.2 Å². The quantitative estimate of drug-likeness (QED) is 0.845. The number of carbonyl (C=O) groups is 2. The summed E-state index contributed by atoms with van der Waals surface area (Å²) in [6, 6.07) is 3.11. The lowest BCUT2D eigenvalue weighted by molar-refractivity contribution is -0.146. The Balaban J connectivity index is 1.70. The lowest BCUT2D eigenvalue weighted by Gasteiger charge is -2.36. The third-order valence-electron chi connectivity index (χ3n) is 5.06. The topological polar surface area (TPSA) is 97.8 Å². The number of ether oxygens (including phenoxy) is 2. The van der Waals surface area contributed by atoms with Gasteiger partial charge in [-0.05, 0) is 37.7 Å². The maximum atomic E-state index is 12.6. The molecule has 1 saturated heterocycles. The minimum Gasteiger partial charge on any atom is -0.480 e. The highest BCUT2D eigenvalue weighted by Crippen LogP contribution is 2.32. The summed E-state index contributed by atoms with van der Waals surface area (Å²) in [5.41, 5.74) is -0.837. The van der Waals surface area contributed by atoms with E-state index < -0.39 is 17.4 Å². The second-order valence-electron chi connectivity index (χ2n) is 7.01. The third kappa shape index (κ3) is 4.10. The van der Waals surface area contributed by atoms with Crippen LogP contribution in [0.4, 0.5) is 0 Å². The summed E-state index contributed by atoms with van der Waals surface area (Å²) in [4.78, 5) is 28.5. The predicted octanol–water partition coefficient (Wildman–Crippen LogP) is 2.01. The molecule has 1 amide bonds. The number of carbonyl (C=O) groups excluding carboxylic acids is 1. The molecule has 2 heterocycles. The normalized spacial score (nSPS) is 29.2. The van der Waals surface area contributed by atoms with Crippen molar-refractivity contribution >= 4 is 11.9 Å². The fourth-order valence-electron chi connectivity index (χ4n) is 3.33. The van der Waals surface area contributed by atoms with Crippen LogP contribution >= 0.6 is 0 Å². The van der Waals surface area contributed by atoms with Gasteiger partial charge < -0.3 is 19.9 Å². The third-order valence-corrected chi connectivity index (χ3v) is 5.06. The van der Waals surface area contributed by atoms with E-state index in [-0.39, 0.29) is 6.10 Å². The molecule has 25 heavy (non-hydrogen) atoms. The van der Waals surface area contributed by atoms with Crippen LogP contribution in [0.3, 0.4) is 0 Å². The predicted molar refractivity (Wildman–Crippen MR) is 89.6 cm³/mol. The molecule has 1 atom stereocenters. The van der Waals surface area contributed by atoms with Crippen LogP contribution < -0.4 is 10.1 Å². The second kappa shape index (κ2) is 7.39. The summed E-state index contributed by atoms with van der Waals surface area (Å²) < 4.78 is 11.0. The number of carboxylic acid groups (broad SMARTS) is 1. The summed E-state index contributed by atoms with van der Waals surface area (Å²) in [7, 11) is 0. The number of hydrogen-bond acceptors (Lipinski definition) is 5. The van der Waals surface area contributed by atoms with Gasteiger partial charge in [-0.3, -0.25) is 4.79 Å². The average molecular weight is 348 g/mol. The minimum atomic E-state index is -1.19. The molecule has 1 aliphatic heterocycles. The lowest BCUT2D eigenvalue weighted by Crippen LogP contribution is -2.56. The highest BCUT2D eigenvalue weighted by atomic mass is 16.5.